The molecule has 2 rings (SSSR count). The lowest BCUT2D eigenvalue weighted by molar-refractivity contribution is 0.585. The van der Waals surface area contributed by atoms with Crippen molar-refractivity contribution >= 4 is 23.4 Å². The molecule has 0 bridgehead atoms. The van der Waals surface area contributed by atoms with Crippen molar-refractivity contribution in [2.45, 2.75) is 43.1 Å². The summed E-state index contributed by atoms with van der Waals surface area (Å²) in [6, 6.07) is 15.1. The van der Waals surface area contributed by atoms with Gasteiger partial charge in [0, 0.05) is 27.4 Å². The third-order valence-electron chi connectivity index (χ3n) is 2.95. The molecule has 0 aliphatic carbocycles. The van der Waals surface area contributed by atoms with E-state index in [1.807, 2.05) is 12.1 Å². The van der Waals surface area contributed by atoms with Crippen molar-refractivity contribution in [1.82, 2.24) is 5.32 Å². The topological polar surface area (TPSA) is 12.0 Å². The van der Waals surface area contributed by atoms with E-state index in [0.717, 1.165) is 11.6 Å². The van der Waals surface area contributed by atoms with Crippen LogP contribution in [0.5, 0.6) is 0 Å². The van der Waals surface area contributed by atoms with Crippen LogP contribution in [-0.2, 0) is 6.54 Å². The van der Waals surface area contributed by atoms with Crippen molar-refractivity contribution in [1.29, 1.82) is 0 Å². The maximum atomic E-state index is 6.14. The molecule has 3 heteroatoms. The Kier molecular flexibility index (Phi) is 5.53. The number of hydrogen-bond acceptors (Lipinski definition) is 2. The Morgan fingerprint density at radius 1 is 1.15 bits per heavy atom. The lowest BCUT2D eigenvalue weighted by Gasteiger charge is -2.13. The van der Waals surface area contributed by atoms with Gasteiger partial charge in [-0.25, -0.2) is 0 Å². The standard InChI is InChI=1S/C17H20ClNS/c1-12(2)19-11-14-7-8-15(18)10-17(14)20-16-6-4-5-13(3)9-16/h4-10,12,19H,11H2,1-3H3. The summed E-state index contributed by atoms with van der Waals surface area (Å²) in [4.78, 5) is 2.47. The molecule has 20 heavy (non-hydrogen) atoms. The number of nitrogens with one attached hydrogen (secondary N) is 1. The largest absolute Gasteiger partial charge is 0.310 e. The second-order valence-corrected chi connectivity index (χ2v) is 6.76. The summed E-state index contributed by atoms with van der Waals surface area (Å²) in [5.41, 5.74) is 2.56. The van der Waals surface area contributed by atoms with Gasteiger partial charge in [-0.3, -0.25) is 0 Å². The summed E-state index contributed by atoms with van der Waals surface area (Å²) >= 11 is 7.91. The average molecular weight is 306 g/mol. The molecular formula is C17H20ClNS. The summed E-state index contributed by atoms with van der Waals surface area (Å²) in [7, 11) is 0. The molecule has 106 valence electrons. The first-order valence-corrected chi connectivity index (χ1v) is 8.00. The van der Waals surface area contributed by atoms with Crippen LogP contribution in [0.3, 0.4) is 0 Å². The molecule has 0 radical (unpaired) electrons. The molecule has 2 aromatic carbocycles. The third-order valence-corrected chi connectivity index (χ3v) is 4.27. The Hall–Kier alpha value is -0.960. The van der Waals surface area contributed by atoms with Gasteiger partial charge in [-0.15, -0.1) is 0 Å². The van der Waals surface area contributed by atoms with E-state index in [2.05, 4.69) is 56.4 Å². The summed E-state index contributed by atoms with van der Waals surface area (Å²) in [6.45, 7) is 7.29. The highest BCUT2D eigenvalue weighted by Gasteiger charge is 2.06. The van der Waals surface area contributed by atoms with E-state index >= 15 is 0 Å². The van der Waals surface area contributed by atoms with Gasteiger partial charge >= 0.3 is 0 Å². The first-order valence-electron chi connectivity index (χ1n) is 6.81. The Bertz CT molecular complexity index is 581. The highest BCUT2D eigenvalue weighted by Crippen LogP contribution is 2.32. The maximum Gasteiger partial charge on any atom is 0.0417 e. The molecular weight excluding hydrogens is 286 g/mol. The van der Waals surface area contributed by atoms with Crippen LogP contribution in [0.15, 0.2) is 52.3 Å². The lowest BCUT2D eigenvalue weighted by Crippen LogP contribution is -2.22. The monoisotopic (exact) mass is 305 g/mol. The zero-order valence-electron chi connectivity index (χ0n) is 12.1. The highest BCUT2D eigenvalue weighted by molar-refractivity contribution is 7.99. The normalized spacial score (nSPS) is 11.1. The number of aryl methyl sites for hydroxylation is 1. The molecule has 1 nitrogen and oxygen atoms in total. The minimum absolute atomic E-state index is 0.475. The van der Waals surface area contributed by atoms with Crippen LogP contribution in [0.25, 0.3) is 0 Å². The number of benzene rings is 2. The fourth-order valence-corrected chi connectivity index (χ4v) is 3.23. The van der Waals surface area contributed by atoms with Crippen molar-refractivity contribution in [3.63, 3.8) is 0 Å². The van der Waals surface area contributed by atoms with Gasteiger partial charge in [0.2, 0.25) is 0 Å². The quantitative estimate of drug-likeness (QED) is 0.804. The number of hydrogen-bond donors (Lipinski definition) is 1. The molecule has 0 atom stereocenters. The van der Waals surface area contributed by atoms with Gasteiger partial charge in [-0.2, -0.15) is 0 Å². The minimum Gasteiger partial charge on any atom is -0.310 e. The zero-order valence-corrected chi connectivity index (χ0v) is 13.7. The van der Waals surface area contributed by atoms with E-state index in [9.17, 15) is 0 Å². The molecule has 0 spiro atoms. The van der Waals surface area contributed by atoms with E-state index < -0.39 is 0 Å². The van der Waals surface area contributed by atoms with Gasteiger partial charge in [0.25, 0.3) is 0 Å². The molecule has 0 amide bonds. The van der Waals surface area contributed by atoms with Gasteiger partial charge < -0.3 is 5.32 Å². The van der Waals surface area contributed by atoms with E-state index in [0.29, 0.717) is 6.04 Å². The fraction of sp³-hybridized carbons (Fsp3) is 0.294. The number of halogens is 1. The van der Waals surface area contributed by atoms with Crippen LogP contribution in [0, 0.1) is 6.92 Å². The van der Waals surface area contributed by atoms with Crippen LogP contribution >= 0.6 is 23.4 Å². The summed E-state index contributed by atoms with van der Waals surface area (Å²) < 4.78 is 0. The maximum absolute atomic E-state index is 6.14. The van der Waals surface area contributed by atoms with Crippen LogP contribution in [-0.4, -0.2) is 6.04 Å². The second kappa shape index (κ2) is 7.16. The second-order valence-electron chi connectivity index (χ2n) is 5.21. The number of rotatable bonds is 5. The lowest BCUT2D eigenvalue weighted by atomic mass is 10.2. The molecule has 0 saturated heterocycles. The van der Waals surface area contributed by atoms with Crippen LogP contribution in [0.1, 0.15) is 25.0 Å². The van der Waals surface area contributed by atoms with E-state index in [1.165, 1.54) is 20.9 Å². The van der Waals surface area contributed by atoms with Crippen LogP contribution < -0.4 is 5.32 Å². The molecule has 0 aliphatic heterocycles. The van der Waals surface area contributed by atoms with Crippen molar-refractivity contribution in [3.8, 4) is 0 Å². The van der Waals surface area contributed by atoms with E-state index in [4.69, 9.17) is 11.6 Å². The molecule has 0 heterocycles. The van der Waals surface area contributed by atoms with E-state index in [1.54, 1.807) is 11.8 Å². The first-order chi connectivity index (χ1) is 9.54. The zero-order chi connectivity index (χ0) is 14.5. The van der Waals surface area contributed by atoms with Gasteiger partial charge in [0.05, 0.1) is 0 Å². The minimum atomic E-state index is 0.475. The van der Waals surface area contributed by atoms with Crippen molar-refractivity contribution < 1.29 is 0 Å². The fourth-order valence-electron chi connectivity index (χ4n) is 1.89. The molecule has 0 saturated carbocycles. The third kappa shape index (κ3) is 4.55. The van der Waals surface area contributed by atoms with Crippen LogP contribution in [0.4, 0.5) is 0 Å². The first kappa shape index (κ1) is 15.4. The Morgan fingerprint density at radius 2 is 1.95 bits per heavy atom. The summed E-state index contributed by atoms with van der Waals surface area (Å²) in [5.74, 6) is 0. The average Bonchev–Trinajstić information content (AvgIpc) is 2.37. The SMILES string of the molecule is Cc1cccc(Sc2cc(Cl)ccc2CNC(C)C)c1. The summed E-state index contributed by atoms with van der Waals surface area (Å²) in [5, 5.41) is 4.25. The predicted molar refractivity (Wildman–Crippen MR) is 88.7 cm³/mol. The van der Waals surface area contributed by atoms with Crippen molar-refractivity contribution in [2.75, 3.05) is 0 Å². The predicted octanol–water partition coefficient (Wildman–Crippen LogP) is 5.30. The Morgan fingerprint density at radius 3 is 2.65 bits per heavy atom. The molecule has 1 N–H and O–H groups in total. The van der Waals surface area contributed by atoms with Gasteiger partial charge in [0.1, 0.15) is 0 Å². The molecule has 0 unspecified atom stereocenters. The Balaban J connectivity index is 2.22. The molecule has 2 aromatic rings. The Labute approximate surface area is 130 Å². The molecule has 0 aromatic heterocycles. The molecule has 0 aliphatic rings. The van der Waals surface area contributed by atoms with Crippen LogP contribution in [0.2, 0.25) is 5.02 Å². The summed E-state index contributed by atoms with van der Waals surface area (Å²) in [6.07, 6.45) is 0. The smallest absolute Gasteiger partial charge is 0.0417 e. The highest BCUT2D eigenvalue weighted by atomic mass is 35.5. The molecule has 0 fully saturated rings. The van der Waals surface area contributed by atoms with Gasteiger partial charge in [-0.05, 0) is 36.8 Å². The van der Waals surface area contributed by atoms with Gasteiger partial charge in [-0.1, -0.05) is 61.0 Å². The van der Waals surface area contributed by atoms with E-state index in [-0.39, 0.29) is 0 Å². The van der Waals surface area contributed by atoms with Crippen molar-refractivity contribution in [2.24, 2.45) is 0 Å². The van der Waals surface area contributed by atoms with Gasteiger partial charge in [0.15, 0.2) is 0 Å². The van der Waals surface area contributed by atoms with Crippen molar-refractivity contribution in [3.05, 3.63) is 58.6 Å².